The minimum Gasteiger partial charge on any atom is -0.494 e. The number of ketones is 1. The van der Waals surface area contributed by atoms with Gasteiger partial charge in [-0.25, -0.2) is 4.90 Å². The highest BCUT2D eigenvalue weighted by Gasteiger charge is 2.68. The van der Waals surface area contributed by atoms with Crippen molar-refractivity contribution < 1.29 is 34.1 Å². The molecule has 9 nitrogen and oxygen atoms in total. The summed E-state index contributed by atoms with van der Waals surface area (Å²) in [5.41, 5.74) is -0.754. The van der Waals surface area contributed by atoms with E-state index >= 15 is 0 Å². The first-order chi connectivity index (χ1) is 16.2. The van der Waals surface area contributed by atoms with Gasteiger partial charge < -0.3 is 14.9 Å². The smallest absolute Gasteiger partial charge is 0.327 e. The van der Waals surface area contributed by atoms with Crippen LogP contribution in [0.1, 0.15) is 42.2 Å². The number of nitrogens with one attached hydrogen (secondary N) is 1. The lowest BCUT2D eigenvalue weighted by Gasteiger charge is -2.29. The number of rotatable bonds is 8. The molecule has 4 rings (SSSR count). The molecule has 2 heterocycles. The number of anilines is 1. The average Bonchev–Trinajstić information content (AvgIpc) is 3.32. The fourth-order valence-electron chi connectivity index (χ4n) is 4.79. The second kappa shape index (κ2) is 9.00. The Kier molecular flexibility index (Phi) is 6.24. The van der Waals surface area contributed by atoms with Gasteiger partial charge in [0.25, 0.3) is 0 Å². The Morgan fingerprint density at radius 2 is 1.71 bits per heavy atom. The molecule has 2 fully saturated rings. The quantitative estimate of drug-likeness (QED) is 0.397. The lowest BCUT2D eigenvalue weighted by molar-refractivity contribution is -0.150. The van der Waals surface area contributed by atoms with E-state index in [1.165, 1.54) is 31.2 Å². The number of imide groups is 1. The summed E-state index contributed by atoms with van der Waals surface area (Å²) in [6.07, 6.45) is 0.840. The lowest BCUT2D eigenvalue weighted by atomic mass is 9.79. The first-order valence-electron chi connectivity index (χ1n) is 11.1. The summed E-state index contributed by atoms with van der Waals surface area (Å²) in [6.45, 7) is 3.07. The largest absolute Gasteiger partial charge is 0.494 e. The maximum absolute atomic E-state index is 13.5. The Morgan fingerprint density at radius 3 is 2.24 bits per heavy atom. The summed E-state index contributed by atoms with van der Waals surface area (Å²) in [5.74, 6) is -4.56. The Bertz CT molecular complexity index is 1130. The number of carboxylic acid groups (broad SMARTS) is 1. The van der Waals surface area contributed by atoms with Gasteiger partial charge >= 0.3 is 5.97 Å². The van der Waals surface area contributed by atoms with Crippen LogP contribution in [-0.4, -0.2) is 52.5 Å². The Labute approximate surface area is 196 Å². The minimum absolute atomic E-state index is 0.164. The van der Waals surface area contributed by atoms with Gasteiger partial charge in [0, 0.05) is 11.6 Å². The molecule has 2 saturated heterocycles. The number of nitrogens with zero attached hydrogens (tertiary/aromatic N) is 1. The third-order valence-corrected chi connectivity index (χ3v) is 6.53. The van der Waals surface area contributed by atoms with E-state index < -0.39 is 47.8 Å². The van der Waals surface area contributed by atoms with Crippen molar-refractivity contribution >= 4 is 29.3 Å². The first kappa shape index (κ1) is 23.6. The van der Waals surface area contributed by atoms with E-state index in [-0.39, 0.29) is 11.5 Å². The molecule has 2 aromatic carbocycles. The molecule has 0 spiro atoms. The maximum Gasteiger partial charge on any atom is 0.327 e. The monoisotopic (exact) mass is 466 g/mol. The van der Waals surface area contributed by atoms with E-state index in [9.17, 15) is 29.4 Å². The van der Waals surface area contributed by atoms with Crippen LogP contribution >= 0.6 is 0 Å². The van der Waals surface area contributed by atoms with Crippen molar-refractivity contribution in [2.75, 3.05) is 18.1 Å². The van der Waals surface area contributed by atoms with Crippen molar-refractivity contribution in [3.8, 4) is 5.75 Å². The molecule has 0 aromatic heterocycles. The summed E-state index contributed by atoms with van der Waals surface area (Å²) in [5, 5.41) is 23.0. The standard InChI is InChI=1S/C25H26N2O7/c1-3-12-34-18-10-6-16(7-11-18)21-19-20(25(13-28,26-21)24(32)33)23(31)27(22(19)30)17-8-4-15(5-9-17)14(2)29/h4-11,19-21,26,28H,3,12-13H2,1-2H3,(H,32,33). The van der Waals surface area contributed by atoms with Gasteiger partial charge in [0.15, 0.2) is 11.3 Å². The molecule has 2 aliphatic rings. The molecule has 4 unspecified atom stereocenters. The van der Waals surface area contributed by atoms with E-state index in [4.69, 9.17) is 4.74 Å². The topological polar surface area (TPSA) is 133 Å². The fourth-order valence-corrected chi connectivity index (χ4v) is 4.79. The molecule has 0 aliphatic carbocycles. The van der Waals surface area contributed by atoms with Crippen LogP contribution in [0, 0.1) is 11.8 Å². The number of aliphatic carboxylic acids is 1. The fraction of sp³-hybridized carbons (Fsp3) is 0.360. The zero-order valence-corrected chi connectivity index (χ0v) is 18.9. The molecule has 0 radical (unpaired) electrons. The summed E-state index contributed by atoms with van der Waals surface area (Å²) < 4.78 is 5.59. The van der Waals surface area contributed by atoms with Crippen LogP contribution in [0.2, 0.25) is 0 Å². The molecule has 2 aliphatic heterocycles. The first-order valence-corrected chi connectivity index (χ1v) is 11.1. The number of amides is 2. The Balaban J connectivity index is 1.74. The van der Waals surface area contributed by atoms with E-state index in [0.29, 0.717) is 23.5 Å². The van der Waals surface area contributed by atoms with Crippen molar-refractivity contribution in [3.05, 3.63) is 59.7 Å². The summed E-state index contributed by atoms with van der Waals surface area (Å²) in [4.78, 5) is 51.8. The molecule has 34 heavy (non-hydrogen) atoms. The minimum atomic E-state index is -2.02. The molecule has 2 amide bonds. The number of ether oxygens (including phenoxy) is 1. The van der Waals surface area contributed by atoms with Crippen molar-refractivity contribution in [3.63, 3.8) is 0 Å². The Hall–Kier alpha value is -3.56. The number of carboxylic acids is 1. The van der Waals surface area contributed by atoms with Gasteiger partial charge in [0.1, 0.15) is 5.75 Å². The summed E-state index contributed by atoms with van der Waals surface area (Å²) >= 11 is 0. The molecule has 0 bridgehead atoms. The highest BCUT2D eigenvalue weighted by atomic mass is 16.5. The number of carbonyl (C=O) groups excluding carboxylic acids is 3. The molecular weight excluding hydrogens is 440 g/mol. The number of carbonyl (C=O) groups is 4. The molecule has 178 valence electrons. The number of benzene rings is 2. The lowest BCUT2D eigenvalue weighted by Crippen LogP contribution is -2.58. The molecule has 9 heteroatoms. The average molecular weight is 466 g/mol. The molecule has 0 saturated carbocycles. The van der Waals surface area contributed by atoms with Gasteiger partial charge in [-0.05, 0) is 55.3 Å². The third kappa shape index (κ3) is 3.66. The van der Waals surface area contributed by atoms with Crippen LogP contribution in [0.5, 0.6) is 5.75 Å². The van der Waals surface area contributed by atoms with Gasteiger partial charge in [0.2, 0.25) is 11.8 Å². The zero-order valence-electron chi connectivity index (χ0n) is 18.9. The van der Waals surface area contributed by atoms with Crippen LogP contribution in [0.25, 0.3) is 0 Å². The van der Waals surface area contributed by atoms with Crippen LogP contribution < -0.4 is 15.0 Å². The molecule has 2 aromatic rings. The van der Waals surface area contributed by atoms with Crippen LogP contribution in [-0.2, 0) is 14.4 Å². The molecular formula is C25H26N2O7. The number of aliphatic hydroxyl groups is 1. The summed E-state index contributed by atoms with van der Waals surface area (Å²) in [7, 11) is 0. The number of fused-ring (bicyclic) bond motifs is 1. The predicted molar refractivity (Wildman–Crippen MR) is 121 cm³/mol. The van der Waals surface area contributed by atoms with Gasteiger partial charge in [-0.1, -0.05) is 19.1 Å². The number of hydrogen-bond acceptors (Lipinski definition) is 7. The molecule has 4 atom stereocenters. The second-order valence-corrected chi connectivity index (χ2v) is 8.59. The second-order valence-electron chi connectivity index (χ2n) is 8.59. The SMILES string of the molecule is CCCOc1ccc(C2NC(CO)(C(=O)O)C3C(=O)N(c4ccc(C(C)=O)cc4)C(=O)C23)cc1. The van der Waals surface area contributed by atoms with Crippen LogP contribution in [0.15, 0.2) is 48.5 Å². The van der Waals surface area contributed by atoms with Crippen molar-refractivity contribution in [2.24, 2.45) is 11.8 Å². The third-order valence-electron chi connectivity index (χ3n) is 6.53. The predicted octanol–water partition coefficient (Wildman–Crippen LogP) is 1.94. The van der Waals surface area contributed by atoms with Gasteiger partial charge in [-0.15, -0.1) is 0 Å². The zero-order chi connectivity index (χ0) is 24.6. The Morgan fingerprint density at radius 1 is 1.06 bits per heavy atom. The van der Waals surface area contributed by atoms with Crippen LogP contribution in [0.4, 0.5) is 5.69 Å². The van der Waals surface area contributed by atoms with Crippen molar-refractivity contribution in [1.82, 2.24) is 5.32 Å². The van der Waals surface area contributed by atoms with E-state index in [1.54, 1.807) is 24.3 Å². The van der Waals surface area contributed by atoms with Crippen molar-refractivity contribution in [2.45, 2.75) is 31.8 Å². The maximum atomic E-state index is 13.5. The highest BCUT2D eigenvalue weighted by molar-refractivity contribution is 6.24. The number of aliphatic hydroxyl groups excluding tert-OH is 1. The number of Topliss-reactive ketones (excluding diaryl/α,β-unsaturated/α-hetero) is 1. The summed E-state index contributed by atoms with van der Waals surface area (Å²) in [6, 6.07) is 12.1. The highest BCUT2D eigenvalue weighted by Crippen LogP contribution is 2.49. The van der Waals surface area contributed by atoms with Crippen molar-refractivity contribution in [1.29, 1.82) is 0 Å². The van der Waals surface area contributed by atoms with E-state index in [2.05, 4.69) is 5.32 Å². The van der Waals surface area contributed by atoms with E-state index in [1.807, 2.05) is 6.92 Å². The normalized spacial score (nSPS) is 26.0. The van der Waals surface area contributed by atoms with Gasteiger partial charge in [-0.2, -0.15) is 0 Å². The number of hydrogen-bond donors (Lipinski definition) is 3. The van der Waals surface area contributed by atoms with Gasteiger partial charge in [-0.3, -0.25) is 24.5 Å². The van der Waals surface area contributed by atoms with E-state index in [0.717, 1.165) is 11.3 Å². The van der Waals surface area contributed by atoms with Gasteiger partial charge in [0.05, 0.1) is 30.7 Å². The molecule has 3 N–H and O–H groups in total. The van der Waals surface area contributed by atoms with Crippen LogP contribution in [0.3, 0.4) is 0 Å².